The van der Waals surface area contributed by atoms with Gasteiger partial charge in [-0.1, -0.05) is 26.0 Å². The van der Waals surface area contributed by atoms with Gasteiger partial charge in [0.2, 0.25) is 0 Å². The third-order valence-electron chi connectivity index (χ3n) is 5.34. The molecule has 1 unspecified atom stereocenters. The van der Waals surface area contributed by atoms with Crippen LogP contribution in [-0.4, -0.2) is 54.6 Å². The lowest BCUT2D eigenvalue weighted by atomic mass is 9.80. The molecule has 1 aliphatic heterocycles. The van der Waals surface area contributed by atoms with E-state index in [1.807, 2.05) is 19.9 Å². The molecule has 0 bridgehead atoms. The van der Waals surface area contributed by atoms with Crippen LogP contribution in [0.1, 0.15) is 39.2 Å². The number of rotatable bonds is 10. The topological polar surface area (TPSA) is 135 Å². The zero-order valence-electron chi connectivity index (χ0n) is 19.2. The summed E-state index contributed by atoms with van der Waals surface area (Å²) < 4.78 is 10.6. The number of nitriles is 1. The fraction of sp³-hybridized carbons (Fsp3) is 0.435. The number of allylic oxidation sites excluding steroid dienone is 2. The molecule has 33 heavy (non-hydrogen) atoms. The van der Waals surface area contributed by atoms with Crippen molar-refractivity contribution in [3.63, 3.8) is 0 Å². The van der Waals surface area contributed by atoms with Crippen molar-refractivity contribution in [2.75, 3.05) is 32.8 Å². The number of hydrogen-bond donors (Lipinski definition) is 1. The summed E-state index contributed by atoms with van der Waals surface area (Å²) in [5.41, 5.74) is 0.334. The molecule has 1 aromatic carbocycles. The summed E-state index contributed by atoms with van der Waals surface area (Å²) in [5, 5.41) is 23.8. The number of ether oxygens (including phenoxy) is 2. The first-order valence-electron chi connectivity index (χ1n) is 10.7. The number of benzene rings is 1. The van der Waals surface area contributed by atoms with E-state index in [-0.39, 0.29) is 35.7 Å². The smallest absolute Gasteiger partial charge is 0.337 e. The van der Waals surface area contributed by atoms with E-state index in [1.165, 1.54) is 18.2 Å². The maximum atomic E-state index is 13.2. The predicted octanol–water partition coefficient (Wildman–Crippen LogP) is 2.78. The van der Waals surface area contributed by atoms with Gasteiger partial charge in [-0.2, -0.15) is 5.26 Å². The van der Waals surface area contributed by atoms with Gasteiger partial charge in [0.25, 0.3) is 5.69 Å². The van der Waals surface area contributed by atoms with Gasteiger partial charge in [-0.05, 0) is 32.5 Å². The highest BCUT2D eigenvalue weighted by molar-refractivity contribution is 6.00. The van der Waals surface area contributed by atoms with Crippen LogP contribution >= 0.6 is 0 Å². The van der Waals surface area contributed by atoms with E-state index in [2.05, 4.69) is 10.2 Å². The Morgan fingerprint density at radius 2 is 1.85 bits per heavy atom. The molecule has 2 rings (SSSR count). The van der Waals surface area contributed by atoms with Crippen LogP contribution in [-0.2, 0) is 19.1 Å². The van der Waals surface area contributed by atoms with Crippen molar-refractivity contribution in [2.24, 2.45) is 0 Å². The van der Waals surface area contributed by atoms with Crippen LogP contribution in [0.5, 0.6) is 0 Å². The van der Waals surface area contributed by atoms with E-state index >= 15 is 0 Å². The van der Waals surface area contributed by atoms with Crippen molar-refractivity contribution < 1.29 is 24.0 Å². The number of non-ortho nitro benzene ring substituents is 1. The zero-order chi connectivity index (χ0) is 24.5. The van der Waals surface area contributed by atoms with Crippen LogP contribution in [0.25, 0.3) is 0 Å². The molecular weight excluding hydrogens is 428 g/mol. The first kappa shape index (κ1) is 25.5. The summed E-state index contributed by atoms with van der Waals surface area (Å²) in [6.45, 7) is 9.52. The second kappa shape index (κ2) is 11.8. The van der Waals surface area contributed by atoms with E-state index in [0.717, 1.165) is 13.1 Å². The fourth-order valence-corrected chi connectivity index (χ4v) is 3.65. The molecule has 10 nitrogen and oxygen atoms in total. The van der Waals surface area contributed by atoms with Gasteiger partial charge in [-0.3, -0.25) is 10.1 Å². The van der Waals surface area contributed by atoms with Gasteiger partial charge in [0.15, 0.2) is 0 Å². The molecule has 0 amide bonds. The van der Waals surface area contributed by atoms with Crippen LogP contribution < -0.4 is 5.32 Å². The number of likely N-dealkylation sites (N-methyl/N-ethyl adjacent to an activating group) is 1. The maximum Gasteiger partial charge on any atom is 0.337 e. The number of nitro benzene ring substituents is 1. The van der Waals surface area contributed by atoms with Gasteiger partial charge in [-0.25, -0.2) is 9.59 Å². The fourth-order valence-electron chi connectivity index (χ4n) is 3.65. The van der Waals surface area contributed by atoms with Gasteiger partial charge in [0, 0.05) is 24.4 Å². The highest BCUT2D eigenvalue weighted by Gasteiger charge is 2.39. The summed E-state index contributed by atoms with van der Waals surface area (Å²) in [5.74, 6) is -2.54. The number of dihydropyridines is 1. The summed E-state index contributed by atoms with van der Waals surface area (Å²) in [7, 11) is 0. The summed E-state index contributed by atoms with van der Waals surface area (Å²) in [4.78, 5) is 38.9. The third kappa shape index (κ3) is 5.96. The van der Waals surface area contributed by atoms with Crippen LogP contribution in [0.15, 0.2) is 46.8 Å². The molecule has 1 aromatic rings. The van der Waals surface area contributed by atoms with E-state index in [9.17, 15) is 25.0 Å². The molecule has 1 atom stereocenters. The molecule has 1 heterocycles. The minimum Gasteiger partial charge on any atom is -0.463 e. The number of carbonyl (C=O) groups excluding carboxylic acids is 2. The molecule has 0 saturated heterocycles. The van der Waals surface area contributed by atoms with Crippen LogP contribution in [0.4, 0.5) is 5.69 Å². The molecule has 10 heteroatoms. The monoisotopic (exact) mass is 456 g/mol. The van der Waals surface area contributed by atoms with Crippen LogP contribution in [0.3, 0.4) is 0 Å². The van der Waals surface area contributed by atoms with Crippen molar-refractivity contribution in [1.82, 2.24) is 10.2 Å². The van der Waals surface area contributed by atoms with Gasteiger partial charge in [0.1, 0.15) is 18.4 Å². The van der Waals surface area contributed by atoms with E-state index < -0.39 is 22.8 Å². The number of carbonyl (C=O) groups is 2. The number of nitrogens with zero attached hydrogens (tertiary/aromatic N) is 3. The molecule has 1 aliphatic rings. The van der Waals surface area contributed by atoms with E-state index in [1.54, 1.807) is 19.9 Å². The maximum absolute atomic E-state index is 13.2. The Balaban J connectivity index is 2.55. The van der Waals surface area contributed by atoms with E-state index in [0.29, 0.717) is 17.8 Å². The SMILES string of the molecule is CCOC(=O)C1=C(C#N)NC(C)=C(C(=O)OCCN(CC)CC)C1c1cccc([N+](=O)[O-])c1. The Labute approximate surface area is 192 Å². The second-order valence-electron chi connectivity index (χ2n) is 7.23. The summed E-state index contributed by atoms with van der Waals surface area (Å²) in [6, 6.07) is 7.55. The third-order valence-corrected chi connectivity index (χ3v) is 5.34. The highest BCUT2D eigenvalue weighted by atomic mass is 16.6. The minimum absolute atomic E-state index is 0.0506. The molecule has 0 fully saturated rings. The van der Waals surface area contributed by atoms with Gasteiger partial charge in [-0.15, -0.1) is 0 Å². The average Bonchev–Trinajstić information content (AvgIpc) is 2.81. The Morgan fingerprint density at radius 3 is 2.42 bits per heavy atom. The van der Waals surface area contributed by atoms with Crippen molar-refractivity contribution in [3.05, 3.63) is 62.5 Å². The first-order chi connectivity index (χ1) is 15.8. The molecule has 0 spiro atoms. The number of hydrogen-bond acceptors (Lipinski definition) is 9. The first-order valence-corrected chi connectivity index (χ1v) is 10.7. The molecule has 176 valence electrons. The largest absolute Gasteiger partial charge is 0.463 e. The van der Waals surface area contributed by atoms with Crippen molar-refractivity contribution in [2.45, 2.75) is 33.6 Å². The number of nitro groups is 1. The Hall–Kier alpha value is -3.71. The number of esters is 2. The van der Waals surface area contributed by atoms with Crippen LogP contribution in [0, 0.1) is 21.4 Å². The normalized spacial score (nSPS) is 15.7. The van der Waals surface area contributed by atoms with E-state index in [4.69, 9.17) is 9.47 Å². The Morgan fingerprint density at radius 1 is 1.18 bits per heavy atom. The Bertz CT molecular complexity index is 1020. The van der Waals surface area contributed by atoms with Crippen molar-refractivity contribution >= 4 is 17.6 Å². The second-order valence-corrected chi connectivity index (χ2v) is 7.23. The van der Waals surface area contributed by atoms with Gasteiger partial charge in [0.05, 0.1) is 28.6 Å². The molecule has 0 saturated carbocycles. The van der Waals surface area contributed by atoms with Crippen molar-refractivity contribution in [1.29, 1.82) is 5.26 Å². The lowest BCUT2D eigenvalue weighted by Gasteiger charge is -2.29. The standard InChI is InChI=1S/C23H28N4O6/c1-5-26(6-2)11-12-33-22(28)19-15(4)25-18(14-24)21(23(29)32-7-3)20(19)16-9-8-10-17(13-16)27(30)31/h8-10,13,20,25H,5-7,11-12H2,1-4H3. The number of nitrogens with one attached hydrogen (secondary N) is 1. The Kier molecular flexibility index (Phi) is 9.12. The molecule has 0 aliphatic carbocycles. The van der Waals surface area contributed by atoms with Gasteiger partial charge >= 0.3 is 11.9 Å². The van der Waals surface area contributed by atoms with Crippen LogP contribution in [0.2, 0.25) is 0 Å². The summed E-state index contributed by atoms with van der Waals surface area (Å²) in [6.07, 6.45) is 0. The summed E-state index contributed by atoms with van der Waals surface area (Å²) >= 11 is 0. The molecule has 0 radical (unpaired) electrons. The lowest BCUT2D eigenvalue weighted by molar-refractivity contribution is -0.384. The quantitative estimate of drug-likeness (QED) is 0.320. The molecule has 0 aromatic heterocycles. The molecule has 1 N–H and O–H groups in total. The highest BCUT2D eigenvalue weighted by Crippen LogP contribution is 2.40. The average molecular weight is 456 g/mol. The van der Waals surface area contributed by atoms with Crippen molar-refractivity contribution in [3.8, 4) is 6.07 Å². The lowest BCUT2D eigenvalue weighted by Crippen LogP contribution is -2.34. The van der Waals surface area contributed by atoms with Gasteiger partial charge < -0.3 is 19.7 Å². The zero-order valence-corrected chi connectivity index (χ0v) is 19.2. The minimum atomic E-state index is -1.07. The predicted molar refractivity (Wildman–Crippen MR) is 120 cm³/mol. The molecular formula is C23H28N4O6.